The summed E-state index contributed by atoms with van der Waals surface area (Å²) < 4.78 is 84.1. The molecule has 42 heavy (non-hydrogen) atoms. The highest BCUT2D eigenvalue weighted by atomic mass is 35.5. The fourth-order valence-corrected chi connectivity index (χ4v) is 5.16. The number of ether oxygens (including phenoxy) is 1. The minimum atomic E-state index is -4.94. The number of alkyl halides is 6. The minimum absolute atomic E-state index is 0.120. The number of amides is 1. The van der Waals surface area contributed by atoms with Crippen LogP contribution in [0.1, 0.15) is 27.9 Å². The lowest BCUT2D eigenvalue weighted by Crippen LogP contribution is -2.34. The molecule has 3 heterocycles. The van der Waals surface area contributed by atoms with Gasteiger partial charge in [-0.1, -0.05) is 42.0 Å². The first-order chi connectivity index (χ1) is 19.9. The molecule has 6 nitrogen and oxygen atoms in total. The molecule has 2 aromatic heterocycles. The van der Waals surface area contributed by atoms with E-state index in [1.54, 1.807) is 30.4 Å². The number of carbonyl (C=O) groups is 1. The smallest absolute Gasteiger partial charge is 0.405 e. The van der Waals surface area contributed by atoms with Gasteiger partial charge in [0.15, 0.2) is 0 Å². The van der Waals surface area contributed by atoms with Crippen LogP contribution in [0.25, 0.3) is 17.0 Å². The Balaban J connectivity index is 1.41. The fraction of sp³-hybridized carbons (Fsp3) is 0.241. The van der Waals surface area contributed by atoms with Crippen molar-refractivity contribution in [1.29, 1.82) is 0 Å². The van der Waals surface area contributed by atoms with E-state index in [0.29, 0.717) is 41.9 Å². The molecule has 1 N–H and O–H groups in total. The first kappa shape index (κ1) is 29.5. The third-order valence-electron chi connectivity index (χ3n) is 6.79. The third kappa shape index (κ3) is 6.71. The maximum absolute atomic E-state index is 13.4. The van der Waals surface area contributed by atoms with Crippen molar-refractivity contribution in [2.45, 2.75) is 32.0 Å². The molecule has 0 aliphatic carbocycles. The molecule has 0 bridgehead atoms. The van der Waals surface area contributed by atoms with Crippen LogP contribution in [0.4, 0.5) is 31.1 Å². The van der Waals surface area contributed by atoms with Crippen LogP contribution in [-0.4, -0.2) is 39.9 Å². The zero-order valence-electron chi connectivity index (χ0n) is 21.8. The van der Waals surface area contributed by atoms with Gasteiger partial charge in [-0.25, -0.2) is 9.78 Å². The topological polar surface area (TPSA) is 59.4 Å². The van der Waals surface area contributed by atoms with Gasteiger partial charge in [-0.15, -0.1) is 13.2 Å². The maximum Gasteiger partial charge on any atom is 0.573 e. The number of benzene rings is 2. The molecule has 2 aromatic carbocycles. The SMILES string of the molecule is O=C(NCc1ccnc(Cl)c1)n1c2c(c3c(OC(F)(F)F)cccc31)CN(CC=Cc1ccc(C(F)(F)F)cc1)CC2. The summed E-state index contributed by atoms with van der Waals surface area (Å²) in [4.78, 5) is 19.3. The molecular weight excluding hydrogens is 586 g/mol. The second-order valence-corrected chi connectivity index (χ2v) is 10.00. The van der Waals surface area contributed by atoms with Crippen molar-refractivity contribution in [3.8, 4) is 5.75 Å². The van der Waals surface area contributed by atoms with Gasteiger partial charge in [0.25, 0.3) is 0 Å². The highest BCUT2D eigenvalue weighted by molar-refractivity contribution is 6.29. The fourth-order valence-electron chi connectivity index (χ4n) is 4.96. The van der Waals surface area contributed by atoms with Crippen LogP contribution in [0.15, 0.2) is 66.9 Å². The molecule has 0 atom stereocenters. The lowest BCUT2D eigenvalue weighted by atomic mass is 10.0. The quantitative estimate of drug-likeness (QED) is 0.183. The molecule has 0 fully saturated rings. The van der Waals surface area contributed by atoms with Gasteiger partial charge >= 0.3 is 18.6 Å². The van der Waals surface area contributed by atoms with Crippen molar-refractivity contribution in [3.63, 3.8) is 0 Å². The van der Waals surface area contributed by atoms with Crippen molar-refractivity contribution >= 4 is 34.6 Å². The van der Waals surface area contributed by atoms with Crippen LogP contribution in [0, 0.1) is 0 Å². The first-order valence-electron chi connectivity index (χ1n) is 12.7. The average molecular weight is 609 g/mol. The van der Waals surface area contributed by atoms with Crippen molar-refractivity contribution in [3.05, 3.63) is 100.0 Å². The first-order valence-corrected chi connectivity index (χ1v) is 13.1. The number of fused-ring (bicyclic) bond motifs is 3. The van der Waals surface area contributed by atoms with E-state index in [0.717, 1.165) is 12.1 Å². The van der Waals surface area contributed by atoms with Crippen molar-refractivity contribution in [1.82, 2.24) is 19.8 Å². The summed E-state index contributed by atoms with van der Waals surface area (Å²) in [5.74, 6) is -0.411. The number of nitrogens with one attached hydrogen (secondary N) is 1. The Kier molecular flexibility index (Phi) is 8.20. The van der Waals surface area contributed by atoms with Gasteiger partial charge in [0, 0.05) is 49.9 Å². The van der Waals surface area contributed by atoms with Gasteiger partial charge in [-0.3, -0.25) is 9.47 Å². The summed E-state index contributed by atoms with van der Waals surface area (Å²) in [7, 11) is 0. The highest BCUT2D eigenvalue weighted by Crippen LogP contribution is 2.39. The Labute approximate surface area is 241 Å². The maximum atomic E-state index is 13.4. The standard InChI is InChI=1S/C29H23ClF6N4O2/c30-25-15-19(10-12-37-25)16-38-27(41)40-22-11-14-39(13-2-3-18-6-8-20(9-7-18)28(31,32)33)17-21(22)26-23(40)4-1-5-24(26)42-29(34,35)36/h1-10,12,15H,11,13-14,16-17H2,(H,38,41). The second kappa shape index (κ2) is 11.7. The van der Waals surface area contributed by atoms with Crippen LogP contribution in [0.5, 0.6) is 5.75 Å². The number of hydrogen-bond acceptors (Lipinski definition) is 4. The van der Waals surface area contributed by atoms with E-state index in [1.165, 1.54) is 35.0 Å². The Bertz CT molecular complexity index is 1630. The Morgan fingerprint density at radius 1 is 1.07 bits per heavy atom. The molecule has 5 rings (SSSR count). The van der Waals surface area contributed by atoms with Crippen LogP contribution < -0.4 is 10.1 Å². The molecule has 0 spiro atoms. The highest BCUT2D eigenvalue weighted by Gasteiger charge is 2.35. The minimum Gasteiger partial charge on any atom is -0.405 e. The Hall–Kier alpha value is -4.03. The van der Waals surface area contributed by atoms with E-state index in [9.17, 15) is 31.1 Å². The normalized spacial score (nSPS) is 14.4. The molecular formula is C29H23ClF6N4O2. The lowest BCUT2D eigenvalue weighted by molar-refractivity contribution is -0.274. The summed E-state index contributed by atoms with van der Waals surface area (Å²) in [6, 6.07) is 11.6. The number of nitrogens with zero attached hydrogens (tertiary/aromatic N) is 3. The van der Waals surface area contributed by atoms with Crippen LogP contribution >= 0.6 is 11.6 Å². The van der Waals surface area contributed by atoms with Gasteiger partial charge in [-0.2, -0.15) is 13.2 Å². The number of carbonyl (C=O) groups excluding carboxylic acids is 1. The summed E-state index contributed by atoms with van der Waals surface area (Å²) >= 11 is 5.92. The molecule has 0 unspecified atom stereocenters. The lowest BCUT2D eigenvalue weighted by Gasteiger charge is -2.27. The zero-order chi connectivity index (χ0) is 30.1. The largest absolute Gasteiger partial charge is 0.573 e. The van der Waals surface area contributed by atoms with E-state index >= 15 is 0 Å². The van der Waals surface area contributed by atoms with Gasteiger partial charge in [0.05, 0.1) is 11.1 Å². The summed E-state index contributed by atoms with van der Waals surface area (Å²) in [6.45, 7) is 1.21. The summed E-state index contributed by atoms with van der Waals surface area (Å²) in [5, 5.41) is 3.23. The molecule has 0 saturated heterocycles. The Morgan fingerprint density at radius 3 is 2.52 bits per heavy atom. The molecule has 0 saturated carbocycles. The van der Waals surface area contributed by atoms with Gasteiger partial charge in [-0.05, 0) is 53.1 Å². The number of halogens is 7. The monoisotopic (exact) mass is 608 g/mol. The van der Waals surface area contributed by atoms with E-state index in [1.807, 2.05) is 4.90 Å². The molecule has 1 aliphatic rings. The molecule has 0 radical (unpaired) electrons. The second-order valence-electron chi connectivity index (χ2n) is 9.61. The van der Waals surface area contributed by atoms with Gasteiger partial charge in [0.1, 0.15) is 10.9 Å². The van der Waals surface area contributed by atoms with Crippen LogP contribution in [-0.2, 0) is 25.7 Å². The molecule has 1 amide bonds. The summed E-state index contributed by atoms with van der Waals surface area (Å²) in [5.41, 5.74) is 1.89. The van der Waals surface area contributed by atoms with E-state index in [4.69, 9.17) is 11.6 Å². The van der Waals surface area contributed by atoms with Gasteiger partial charge in [0.2, 0.25) is 0 Å². The van der Waals surface area contributed by atoms with Crippen LogP contribution in [0.2, 0.25) is 5.15 Å². The van der Waals surface area contributed by atoms with Crippen molar-refractivity contribution < 1.29 is 35.9 Å². The number of pyridine rings is 1. The van der Waals surface area contributed by atoms with E-state index in [-0.39, 0.29) is 29.1 Å². The molecule has 13 heteroatoms. The van der Waals surface area contributed by atoms with Gasteiger partial charge < -0.3 is 10.1 Å². The molecule has 1 aliphatic heterocycles. The van der Waals surface area contributed by atoms with Crippen molar-refractivity contribution in [2.75, 3.05) is 13.1 Å². The summed E-state index contributed by atoms with van der Waals surface area (Å²) in [6.07, 6.45) is -4.06. The zero-order valence-corrected chi connectivity index (χ0v) is 22.5. The number of hydrogen-bond donors (Lipinski definition) is 1. The Morgan fingerprint density at radius 2 is 1.83 bits per heavy atom. The number of rotatable bonds is 6. The third-order valence-corrected chi connectivity index (χ3v) is 6.99. The predicted molar refractivity (Wildman–Crippen MR) is 145 cm³/mol. The van der Waals surface area contributed by atoms with Crippen LogP contribution in [0.3, 0.4) is 0 Å². The number of aromatic nitrogens is 2. The van der Waals surface area contributed by atoms with Crippen molar-refractivity contribution in [2.24, 2.45) is 0 Å². The average Bonchev–Trinajstić information content (AvgIpc) is 3.25. The molecule has 220 valence electrons. The van der Waals surface area contributed by atoms with E-state index in [2.05, 4.69) is 15.0 Å². The predicted octanol–water partition coefficient (Wildman–Crippen LogP) is 7.44. The molecule has 4 aromatic rings. The van der Waals surface area contributed by atoms with E-state index < -0.39 is 29.9 Å².